The Labute approximate surface area is 125 Å². The highest BCUT2D eigenvalue weighted by Crippen LogP contribution is 2.15. The average molecular weight is 283 g/mol. The number of aryl methyl sites for hydroxylation is 1. The van der Waals surface area contributed by atoms with Crippen molar-refractivity contribution in [3.63, 3.8) is 0 Å². The first-order valence-electron chi connectivity index (χ1n) is 6.97. The Morgan fingerprint density at radius 3 is 2.57 bits per heavy atom. The van der Waals surface area contributed by atoms with Crippen molar-refractivity contribution in [1.82, 2.24) is 5.32 Å². The van der Waals surface area contributed by atoms with Crippen LogP contribution in [-0.4, -0.2) is 11.0 Å². The molecule has 2 aromatic rings. The van der Waals surface area contributed by atoms with Gasteiger partial charge in [-0.25, -0.2) is 0 Å². The summed E-state index contributed by atoms with van der Waals surface area (Å²) in [6.07, 6.45) is 0. The predicted octanol–water partition coefficient (Wildman–Crippen LogP) is 2.94. The van der Waals surface area contributed by atoms with Crippen molar-refractivity contribution >= 4 is 5.84 Å². The maximum absolute atomic E-state index is 8.70. The van der Waals surface area contributed by atoms with E-state index in [0.29, 0.717) is 0 Å². The number of hydrogen-bond donors (Lipinski definition) is 3. The number of rotatable bonds is 5. The van der Waals surface area contributed by atoms with Gasteiger partial charge in [0, 0.05) is 18.2 Å². The fourth-order valence-electron chi connectivity index (χ4n) is 2.23. The third-order valence-electron chi connectivity index (χ3n) is 3.64. The fourth-order valence-corrected chi connectivity index (χ4v) is 2.23. The van der Waals surface area contributed by atoms with Crippen LogP contribution in [0.25, 0.3) is 0 Å². The van der Waals surface area contributed by atoms with Gasteiger partial charge in [0.25, 0.3) is 0 Å². The Bertz CT molecular complexity index is 623. The summed E-state index contributed by atoms with van der Waals surface area (Å²) in [5, 5.41) is 15.2. The van der Waals surface area contributed by atoms with Gasteiger partial charge in [-0.05, 0) is 36.6 Å². The van der Waals surface area contributed by atoms with Gasteiger partial charge >= 0.3 is 0 Å². The highest BCUT2D eigenvalue weighted by atomic mass is 16.4. The molecule has 0 saturated heterocycles. The van der Waals surface area contributed by atoms with Gasteiger partial charge in [0.05, 0.1) is 0 Å². The van der Waals surface area contributed by atoms with E-state index in [1.54, 1.807) is 0 Å². The average Bonchev–Trinajstić information content (AvgIpc) is 2.53. The number of hydrogen-bond acceptors (Lipinski definition) is 3. The summed E-state index contributed by atoms with van der Waals surface area (Å²) in [6, 6.07) is 16.4. The van der Waals surface area contributed by atoms with Crippen molar-refractivity contribution < 1.29 is 5.21 Å². The Balaban J connectivity index is 2.04. The first-order valence-corrected chi connectivity index (χ1v) is 6.97. The lowest BCUT2D eigenvalue weighted by Crippen LogP contribution is -2.19. The highest BCUT2D eigenvalue weighted by Gasteiger charge is 2.07. The number of nitrogens with two attached hydrogens (primary N) is 1. The summed E-state index contributed by atoms with van der Waals surface area (Å²) in [4.78, 5) is 0. The molecule has 110 valence electrons. The van der Waals surface area contributed by atoms with Crippen LogP contribution in [0, 0.1) is 6.92 Å². The maximum Gasteiger partial charge on any atom is 0.170 e. The van der Waals surface area contributed by atoms with Crippen LogP contribution in [0.1, 0.15) is 35.2 Å². The maximum atomic E-state index is 8.70. The van der Waals surface area contributed by atoms with Crippen LogP contribution in [-0.2, 0) is 6.54 Å². The van der Waals surface area contributed by atoms with E-state index in [0.717, 1.165) is 17.7 Å². The number of nitrogens with zero attached hydrogens (tertiary/aromatic N) is 1. The molecule has 4 heteroatoms. The quantitative estimate of drug-likeness (QED) is 0.342. The zero-order chi connectivity index (χ0) is 15.2. The Morgan fingerprint density at radius 2 is 1.95 bits per heavy atom. The third kappa shape index (κ3) is 3.83. The third-order valence-corrected chi connectivity index (χ3v) is 3.64. The van der Waals surface area contributed by atoms with Gasteiger partial charge in [-0.15, -0.1) is 0 Å². The minimum absolute atomic E-state index is 0.135. The lowest BCUT2D eigenvalue weighted by atomic mass is 10.0. The van der Waals surface area contributed by atoms with Crippen molar-refractivity contribution in [2.75, 3.05) is 0 Å². The van der Waals surface area contributed by atoms with Gasteiger partial charge in [0.15, 0.2) is 5.84 Å². The summed E-state index contributed by atoms with van der Waals surface area (Å²) >= 11 is 0. The van der Waals surface area contributed by atoms with E-state index in [1.165, 1.54) is 11.1 Å². The topological polar surface area (TPSA) is 70.6 Å². The van der Waals surface area contributed by atoms with E-state index in [9.17, 15) is 0 Å². The monoisotopic (exact) mass is 283 g/mol. The van der Waals surface area contributed by atoms with Gasteiger partial charge in [0.1, 0.15) is 0 Å². The molecule has 0 saturated carbocycles. The molecule has 0 fully saturated rings. The molecule has 0 bridgehead atoms. The minimum atomic E-state index is 0.135. The van der Waals surface area contributed by atoms with Crippen molar-refractivity contribution in [1.29, 1.82) is 0 Å². The molecule has 0 spiro atoms. The summed E-state index contributed by atoms with van der Waals surface area (Å²) < 4.78 is 0. The molecule has 4 nitrogen and oxygen atoms in total. The first-order chi connectivity index (χ1) is 10.1. The summed E-state index contributed by atoms with van der Waals surface area (Å²) in [5.41, 5.74) is 9.91. The molecule has 0 aromatic heterocycles. The van der Waals surface area contributed by atoms with Crippen molar-refractivity contribution in [3.05, 3.63) is 70.8 Å². The molecule has 2 rings (SSSR count). The molecule has 0 radical (unpaired) electrons. The van der Waals surface area contributed by atoms with E-state index in [1.807, 2.05) is 43.3 Å². The number of oxime groups is 1. The first kappa shape index (κ1) is 15.1. The van der Waals surface area contributed by atoms with Gasteiger partial charge in [0.2, 0.25) is 0 Å². The van der Waals surface area contributed by atoms with Crippen LogP contribution in [0.2, 0.25) is 0 Å². The van der Waals surface area contributed by atoms with Crippen molar-refractivity contribution in [3.8, 4) is 0 Å². The molecular formula is C17H21N3O. The van der Waals surface area contributed by atoms with Crippen LogP contribution in [0.3, 0.4) is 0 Å². The number of benzene rings is 2. The lowest BCUT2D eigenvalue weighted by molar-refractivity contribution is 0.318. The summed E-state index contributed by atoms with van der Waals surface area (Å²) in [5.74, 6) is 0.135. The second-order valence-corrected chi connectivity index (χ2v) is 5.14. The normalized spacial score (nSPS) is 13.1. The molecule has 21 heavy (non-hydrogen) atoms. The second-order valence-electron chi connectivity index (χ2n) is 5.14. The summed E-state index contributed by atoms with van der Waals surface area (Å²) in [7, 11) is 0. The van der Waals surface area contributed by atoms with E-state index in [-0.39, 0.29) is 11.9 Å². The van der Waals surface area contributed by atoms with E-state index >= 15 is 0 Å². The second kappa shape index (κ2) is 6.90. The zero-order valence-electron chi connectivity index (χ0n) is 12.4. The highest BCUT2D eigenvalue weighted by molar-refractivity contribution is 5.97. The Kier molecular flexibility index (Phi) is 4.95. The molecule has 0 amide bonds. The molecule has 1 atom stereocenters. The molecule has 0 unspecified atom stereocenters. The van der Waals surface area contributed by atoms with E-state index in [4.69, 9.17) is 10.9 Å². The zero-order valence-corrected chi connectivity index (χ0v) is 12.4. The van der Waals surface area contributed by atoms with Crippen LogP contribution >= 0.6 is 0 Å². The van der Waals surface area contributed by atoms with Crippen LogP contribution in [0.5, 0.6) is 0 Å². The lowest BCUT2D eigenvalue weighted by Gasteiger charge is -2.15. The number of amidine groups is 1. The van der Waals surface area contributed by atoms with Crippen molar-refractivity contribution in [2.45, 2.75) is 26.4 Å². The largest absolute Gasteiger partial charge is 0.409 e. The molecule has 2 aromatic carbocycles. The molecule has 0 aliphatic rings. The SMILES string of the molecule is Cc1cc(/C(N)=N/O)ccc1CN[C@@H](C)c1ccccc1. The standard InChI is InChI=1S/C17H21N3O/c1-12-10-15(17(18)20-21)8-9-16(12)11-19-13(2)14-6-4-3-5-7-14/h3-10,13,19,21H,11H2,1-2H3,(H2,18,20)/t13-/m0/s1. The minimum Gasteiger partial charge on any atom is -0.409 e. The molecular weight excluding hydrogens is 262 g/mol. The Hall–Kier alpha value is -2.33. The van der Waals surface area contributed by atoms with Gasteiger partial charge < -0.3 is 16.3 Å². The van der Waals surface area contributed by atoms with E-state index < -0.39 is 0 Å². The molecule has 0 aliphatic heterocycles. The number of nitrogens with one attached hydrogen (secondary N) is 1. The molecule has 0 heterocycles. The molecule has 0 aliphatic carbocycles. The van der Waals surface area contributed by atoms with Gasteiger partial charge in [-0.2, -0.15) is 0 Å². The van der Waals surface area contributed by atoms with Gasteiger partial charge in [-0.1, -0.05) is 47.6 Å². The smallest absolute Gasteiger partial charge is 0.170 e. The summed E-state index contributed by atoms with van der Waals surface area (Å²) in [6.45, 7) is 4.95. The fraction of sp³-hybridized carbons (Fsp3) is 0.235. The van der Waals surface area contributed by atoms with Crippen LogP contribution in [0.15, 0.2) is 53.7 Å². The predicted molar refractivity (Wildman–Crippen MR) is 85.4 cm³/mol. The molecule has 4 N–H and O–H groups in total. The van der Waals surface area contributed by atoms with Crippen LogP contribution in [0.4, 0.5) is 0 Å². The van der Waals surface area contributed by atoms with Crippen molar-refractivity contribution in [2.24, 2.45) is 10.9 Å². The van der Waals surface area contributed by atoms with Gasteiger partial charge in [-0.3, -0.25) is 0 Å². The Morgan fingerprint density at radius 1 is 1.24 bits per heavy atom. The van der Waals surface area contributed by atoms with E-state index in [2.05, 4.69) is 29.5 Å². The van der Waals surface area contributed by atoms with Crippen LogP contribution < -0.4 is 11.1 Å².